The Kier molecular flexibility index (Phi) is 9.99. The Labute approximate surface area is 107 Å². The Morgan fingerprint density at radius 3 is 2.17 bits per heavy atom. The lowest BCUT2D eigenvalue weighted by Crippen LogP contribution is -2.35. The van der Waals surface area contributed by atoms with E-state index in [0.717, 1.165) is 12.8 Å². The van der Waals surface area contributed by atoms with Crippen LogP contribution < -0.4 is 11.1 Å². The minimum atomic E-state index is -0.539. The molecule has 0 bridgehead atoms. The Bertz CT molecular complexity index is 242. The van der Waals surface area contributed by atoms with E-state index in [9.17, 15) is 9.59 Å². The lowest BCUT2D eigenvalue weighted by Gasteiger charge is -2.20. The number of rotatable bonds is 10. The predicted molar refractivity (Wildman–Crippen MR) is 66.8 cm³/mol. The number of hydrogen-bond donors (Lipinski definition) is 4. The molecule has 0 aromatic heterocycles. The molecule has 0 atom stereocenters. The Balaban J connectivity index is 3.63. The van der Waals surface area contributed by atoms with Crippen LogP contribution >= 0.6 is 0 Å². The Hall–Kier alpha value is -1.34. The lowest BCUT2D eigenvalue weighted by atomic mass is 10.2. The van der Waals surface area contributed by atoms with E-state index in [0.29, 0.717) is 19.4 Å². The number of primary amides is 1. The predicted octanol–water partition coefficient (Wildman–Crippen LogP) is -0.972. The van der Waals surface area contributed by atoms with Gasteiger partial charge in [0.25, 0.3) is 0 Å². The van der Waals surface area contributed by atoms with Gasteiger partial charge in [-0.15, -0.1) is 0 Å². The lowest BCUT2D eigenvalue weighted by molar-refractivity contribution is -0.132. The van der Waals surface area contributed by atoms with Crippen molar-refractivity contribution in [2.45, 2.75) is 25.7 Å². The molecule has 0 aliphatic rings. The van der Waals surface area contributed by atoms with Crippen LogP contribution in [0.4, 0.5) is 4.79 Å². The largest absolute Gasteiger partial charge is 0.395 e. The van der Waals surface area contributed by atoms with E-state index in [-0.39, 0.29) is 32.2 Å². The molecule has 0 radical (unpaired) electrons. The van der Waals surface area contributed by atoms with E-state index in [1.807, 2.05) is 0 Å². The second-order valence-electron chi connectivity index (χ2n) is 3.93. The molecular formula is C11H23N3O4. The summed E-state index contributed by atoms with van der Waals surface area (Å²) in [7, 11) is 0. The number of urea groups is 1. The third-order valence-corrected chi connectivity index (χ3v) is 2.46. The molecular weight excluding hydrogens is 238 g/mol. The summed E-state index contributed by atoms with van der Waals surface area (Å²) in [4.78, 5) is 23.5. The van der Waals surface area contributed by atoms with Gasteiger partial charge in [-0.2, -0.15) is 0 Å². The summed E-state index contributed by atoms with van der Waals surface area (Å²) in [5.41, 5.74) is 4.90. The zero-order valence-electron chi connectivity index (χ0n) is 10.6. The molecule has 0 spiro atoms. The first-order valence-corrected chi connectivity index (χ1v) is 6.14. The summed E-state index contributed by atoms with van der Waals surface area (Å²) < 4.78 is 0. The maximum absolute atomic E-state index is 11.7. The minimum Gasteiger partial charge on any atom is -0.395 e. The highest BCUT2D eigenvalue weighted by Gasteiger charge is 2.11. The van der Waals surface area contributed by atoms with E-state index >= 15 is 0 Å². The van der Waals surface area contributed by atoms with Gasteiger partial charge in [0.2, 0.25) is 5.91 Å². The first-order chi connectivity index (χ1) is 8.61. The van der Waals surface area contributed by atoms with Crippen molar-refractivity contribution in [3.05, 3.63) is 0 Å². The molecule has 7 nitrogen and oxygen atoms in total. The average Bonchev–Trinajstić information content (AvgIpc) is 2.32. The van der Waals surface area contributed by atoms with Crippen LogP contribution in [0.3, 0.4) is 0 Å². The van der Waals surface area contributed by atoms with Gasteiger partial charge in [0.05, 0.1) is 13.2 Å². The second kappa shape index (κ2) is 10.8. The summed E-state index contributed by atoms with van der Waals surface area (Å²) in [6, 6.07) is -0.539. The fourth-order valence-electron chi connectivity index (χ4n) is 1.55. The summed E-state index contributed by atoms with van der Waals surface area (Å²) in [5, 5.41) is 20.0. The molecule has 106 valence electrons. The quantitative estimate of drug-likeness (QED) is 0.378. The molecule has 0 aliphatic carbocycles. The number of hydrogen-bond acceptors (Lipinski definition) is 4. The number of unbranched alkanes of at least 4 members (excludes halogenated alkanes) is 2. The SMILES string of the molecule is NC(=O)NCCCCCC(=O)N(CCO)CCO. The normalized spacial score (nSPS) is 10.1. The van der Waals surface area contributed by atoms with Crippen LogP contribution in [-0.4, -0.2) is 59.9 Å². The number of aliphatic hydroxyl groups is 2. The van der Waals surface area contributed by atoms with Crippen LogP contribution in [-0.2, 0) is 4.79 Å². The van der Waals surface area contributed by atoms with Gasteiger partial charge in [-0.05, 0) is 12.8 Å². The molecule has 18 heavy (non-hydrogen) atoms. The fourth-order valence-corrected chi connectivity index (χ4v) is 1.55. The van der Waals surface area contributed by atoms with Crippen molar-refractivity contribution >= 4 is 11.9 Å². The van der Waals surface area contributed by atoms with Gasteiger partial charge in [0.15, 0.2) is 0 Å². The van der Waals surface area contributed by atoms with Crippen LogP contribution in [0.25, 0.3) is 0 Å². The summed E-state index contributed by atoms with van der Waals surface area (Å²) >= 11 is 0. The van der Waals surface area contributed by atoms with Crippen LogP contribution in [0.15, 0.2) is 0 Å². The van der Waals surface area contributed by atoms with Crippen molar-refractivity contribution in [1.82, 2.24) is 10.2 Å². The van der Waals surface area contributed by atoms with E-state index in [1.165, 1.54) is 4.90 Å². The second-order valence-corrected chi connectivity index (χ2v) is 3.93. The number of nitrogens with one attached hydrogen (secondary N) is 1. The van der Waals surface area contributed by atoms with Crippen molar-refractivity contribution in [3.63, 3.8) is 0 Å². The van der Waals surface area contributed by atoms with Gasteiger partial charge in [-0.1, -0.05) is 6.42 Å². The summed E-state index contributed by atoms with van der Waals surface area (Å²) in [6.07, 6.45) is 2.69. The smallest absolute Gasteiger partial charge is 0.312 e. The van der Waals surface area contributed by atoms with E-state index < -0.39 is 6.03 Å². The standard InChI is InChI=1S/C11H23N3O4/c12-11(18)13-5-3-1-2-4-10(17)14(6-8-15)7-9-16/h15-16H,1-9H2,(H3,12,13,18). The highest BCUT2D eigenvalue weighted by atomic mass is 16.3. The molecule has 3 amide bonds. The number of aliphatic hydroxyl groups excluding tert-OH is 2. The van der Waals surface area contributed by atoms with Gasteiger partial charge >= 0.3 is 6.03 Å². The zero-order chi connectivity index (χ0) is 13.8. The summed E-state index contributed by atoms with van der Waals surface area (Å²) in [5.74, 6) is -0.0686. The number of nitrogens with two attached hydrogens (primary N) is 1. The molecule has 0 heterocycles. The average molecular weight is 261 g/mol. The monoisotopic (exact) mass is 261 g/mol. The van der Waals surface area contributed by atoms with Crippen LogP contribution in [0.1, 0.15) is 25.7 Å². The van der Waals surface area contributed by atoms with Crippen molar-refractivity contribution in [1.29, 1.82) is 0 Å². The molecule has 0 saturated carbocycles. The third-order valence-electron chi connectivity index (χ3n) is 2.46. The number of amides is 3. The molecule has 0 saturated heterocycles. The van der Waals surface area contributed by atoms with Crippen molar-refractivity contribution in [2.75, 3.05) is 32.8 Å². The number of carbonyl (C=O) groups excluding carboxylic acids is 2. The van der Waals surface area contributed by atoms with Crippen LogP contribution in [0, 0.1) is 0 Å². The Morgan fingerprint density at radius 1 is 1.06 bits per heavy atom. The van der Waals surface area contributed by atoms with Crippen molar-refractivity contribution < 1.29 is 19.8 Å². The minimum absolute atomic E-state index is 0.0686. The van der Waals surface area contributed by atoms with Gasteiger partial charge in [0, 0.05) is 26.1 Å². The number of carbonyl (C=O) groups is 2. The van der Waals surface area contributed by atoms with Gasteiger partial charge in [0.1, 0.15) is 0 Å². The van der Waals surface area contributed by atoms with E-state index in [2.05, 4.69) is 5.32 Å². The topological polar surface area (TPSA) is 116 Å². The van der Waals surface area contributed by atoms with Crippen LogP contribution in [0.5, 0.6) is 0 Å². The maximum Gasteiger partial charge on any atom is 0.312 e. The van der Waals surface area contributed by atoms with E-state index in [1.54, 1.807) is 0 Å². The number of nitrogens with zero attached hydrogens (tertiary/aromatic N) is 1. The first-order valence-electron chi connectivity index (χ1n) is 6.14. The van der Waals surface area contributed by atoms with Gasteiger partial charge in [-0.3, -0.25) is 4.79 Å². The molecule has 0 aliphatic heterocycles. The van der Waals surface area contributed by atoms with E-state index in [4.69, 9.17) is 15.9 Å². The molecule has 0 rings (SSSR count). The fraction of sp³-hybridized carbons (Fsp3) is 0.818. The van der Waals surface area contributed by atoms with Gasteiger partial charge in [-0.25, -0.2) is 4.79 Å². The molecule has 0 aromatic carbocycles. The van der Waals surface area contributed by atoms with Crippen LogP contribution in [0.2, 0.25) is 0 Å². The third kappa shape index (κ3) is 8.77. The maximum atomic E-state index is 11.7. The zero-order valence-corrected chi connectivity index (χ0v) is 10.6. The summed E-state index contributed by atoms with van der Waals surface area (Å²) in [6.45, 7) is 0.814. The van der Waals surface area contributed by atoms with Crippen molar-refractivity contribution in [2.24, 2.45) is 5.73 Å². The molecule has 0 fully saturated rings. The first kappa shape index (κ1) is 16.7. The Morgan fingerprint density at radius 2 is 1.67 bits per heavy atom. The highest BCUT2D eigenvalue weighted by molar-refractivity contribution is 5.76. The molecule has 0 unspecified atom stereocenters. The van der Waals surface area contributed by atoms with Gasteiger partial charge < -0.3 is 26.2 Å². The molecule has 5 N–H and O–H groups in total. The highest BCUT2D eigenvalue weighted by Crippen LogP contribution is 2.03. The molecule has 7 heteroatoms. The molecule has 0 aromatic rings. The van der Waals surface area contributed by atoms with Crippen molar-refractivity contribution in [3.8, 4) is 0 Å².